The van der Waals surface area contributed by atoms with Crippen LogP contribution in [0.25, 0.3) is 0 Å². The van der Waals surface area contributed by atoms with Gasteiger partial charge in [-0.25, -0.2) is 0 Å². The van der Waals surface area contributed by atoms with E-state index < -0.39 is 0 Å². The van der Waals surface area contributed by atoms with E-state index in [2.05, 4.69) is 51.7 Å². The zero-order chi connectivity index (χ0) is 15.1. The second kappa shape index (κ2) is 8.46. The monoisotopic (exact) mass is 279 g/mol. The first kappa shape index (κ1) is 17.2. The average molecular weight is 279 g/mol. The smallest absolute Gasteiger partial charge is 0.0672 e. The maximum atomic E-state index is 4.93. The Labute approximate surface area is 125 Å². The summed E-state index contributed by atoms with van der Waals surface area (Å²) in [5, 5.41) is 8.39. The van der Waals surface area contributed by atoms with Gasteiger partial charge in [-0.05, 0) is 32.2 Å². The SMILES string of the molecule is CCc1nn(CC(CC)CC)c(CC)c1C(CC)NC. The Morgan fingerprint density at radius 2 is 1.65 bits per heavy atom. The van der Waals surface area contributed by atoms with Crippen LogP contribution in [0.5, 0.6) is 0 Å². The molecule has 1 heterocycles. The summed E-state index contributed by atoms with van der Waals surface area (Å²) in [5.74, 6) is 0.743. The molecule has 0 bridgehead atoms. The molecule has 116 valence electrons. The fourth-order valence-electron chi connectivity index (χ4n) is 3.10. The summed E-state index contributed by atoms with van der Waals surface area (Å²) in [4.78, 5) is 0. The molecular weight excluding hydrogens is 246 g/mol. The van der Waals surface area contributed by atoms with Gasteiger partial charge in [0.15, 0.2) is 0 Å². The molecule has 0 aliphatic rings. The highest BCUT2D eigenvalue weighted by atomic mass is 15.3. The molecule has 0 aliphatic heterocycles. The van der Waals surface area contributed by atoms with Gasteiger partial charge in [0, 0.05) is 23.8 Å². The predicted molar refractivity (Wildman–Crippen MR) is 87.1 cm³/mol. The molecule has 0 aliphatic carbocycles. The molecule has 1 rings (SSSR count). The van der Waals surface area contributed by atoms with Gasteiger partial charge in [0.25, 0.3) is 0 Å². The lowest BCUT2D eigenvalue weighted by molar-refractivity contribution is 0.386. The summed E-state index contributed by atoms with van der Waals surface area (Å²) < 4.78 is 2.30. The van der Waals surface area contributed by atoms with E-state index in [1.54, 1.807) is 0 Å². The minimum atomic E-state index is 0.440. The molecule has 0 fully saturated rings. The van der Waals surface area contributed by atoms with Gasteiger partial charge in [-0.2, -0.15) is 5.10 Å². The van der Waals surface area contributed by atoms with Gasteiger partial charge >= 0.3 is 0 Å². The molecule has 20 heavy (non-hydrogen) atoms. The standard InChI is InChI=1S/C17H33N3/c1-7-13(8-2)12-20-16(11-5)17(14(9-3)18-6)15(10-4)19-20/h13-14,18H,7-12H2,1-6H3. The maximum Gasteiger partial charge on any atom is 0.0672 e. The first-order valence-electron chi connectivity index (χ1n) is 8.42. The fraction of sp³-hybridized carbons (Fsp3) is 0.824. The Morgan fingerprint density at radius 1 is 1.00 bits per heavy atom. The van der Waals surface area contributed by atoms with Crippen LogP contribution >= 0.6 is 0 Å². The fourth-order valence-corrected chi connectivity index (χ4v) is 3.10. The van der Waals surface area contributed by atoms with Crippen molar-refractivity contribution in [3.63, 3.8) is 0 Å². The van der Waals surface area contributed by atoms with E-state index in [0.29, 0.717) is 6.04 Å². The molecule has 0 aromatic carbocycles. The van der Waals surface area contributed by atoms with Crippen molar-refractivity contribution < 1.29 is 0 Å². The lowest BCUT2D eigenvalue weighted by Crippen LogP contribution is -2.19. The normalized spacial score (nSPS) is 13.2. The summed E-state index contributed by atoms with van der Waals surface area (Å²) >= 11 is 0. The third-order valence-corrected chi connectivity index (χ3v) is 4.54. The third-order valence-electron chi connectivity index (χ3n) is 4.54. The van der Waals surface area contributed by atoms with Crippen LogP contribution in [0.3, 0.4) is 0 Å². The Balaban J connectivity index is 3.19. The lowest BCUT2D eigenvalue weighted by atomic mass is 9.98. The van der Waals surface area contributed by atoms with Crippen molar-refractivity contribution in [1.82, 2.24) is 15.1 Å². The Hall–Kier alpha value is -0.830. The summed E-state index contributed by atoms with van der Waals surface area (Å²) in [6.45, 7) is 12.4. The van der Waals surface area contributed by atoms with E-state index in [1.807, 2.05) is 0 Å². The van der Waals surface area contributed by atoms with Gasteiger partial charge in [0.2, 0.25) is 0 Å². The number of aryl methyl sites for hydroxylation is 1. The third kappa shape index (κ3) is 3.63. The van der Waals surface area contributed by atoms with Gasteiger partial charge in [-0.1, -0.05) is 47.5 Å². The predicted octanol–water partition coefficient (Wildman–Crippen LogP) is 4.11. The molecule has 1 atom stereocenters. The van der Waals surface area contributed by atoms with Crippen molar-refractivity contribution in [1.29, 1.82) is 0 Å². The van der Waals surface area contributed by atoms with E-state index in [1.165, 1.54) is 29.8 Å². The molecule has 3 nitrogen and oxygen atoms in total. The highest BCUT2D eigenvalue weighted by Crippen LogP contribution is 2.27. The molecule has 1 N–H and O–H groups in total. The van der Waals surface area contributed by atoms with Crippen molar-refractivity contribution in [2.75, 3.05) is 7.05 Å². The quantitative estimate of drug-likeness (QED) is 0.737. The van der Waals surface area contributed by atoms with Crippen LogP contribution in [0.15, 0.2) is 0 Å². The summed E-state index contributed by atoms with van der Waals surface area (Å²) in [6, 6.07) is 0.440. The minimum Gasteiger partial charge on any atom is -0.313 e. The van der Waals surface area contributed by atoms with Crippen molar-refractivity contribution in [3.05, 3.63) is 17.0 Å². The number of nitrogens with one attached hydrogen (secondary N) is 1. The number of hydrogen-bond donors (Lipinski definition) is 1. The Bertz CT molecular complexity index is 387. The van der Waals surface area contributed by atoms with Gasteiger partial charge in [-0.3, -0.25) is 4.68 Å². The molecule has 1 unspecified atom stereocenters. The van der Waals surface area contributed by atoms with E-state index >= 15 is 0 Å². The molecule has 1 aromatic rings. The molecule has 0 radical (unpaired) electrons. The lowest BCUT2D eigenvalue weighted by Gasteiger charge is -2.18. The molecule has 0 amide bonds. The highest BCUT2D eigenvalue weighted by molar-refractivity contribution is 5.30. The topological polar surface area (TPSA) is 29.9 Å². The van der Waals surface area contributed by atoms with Crippen LogP contribution in [-0.4, -0.2) is 16.8 Å². The Morgan fingerprint density at radius 3 is 2.05 bits per heavy atom. The molecular formula is C17H33N3. The van der Waals surface area contributed by atoms with E-state index in [0.717, 1.165) is 31.7 Å². The summed E-state index contributed by atoms with van der Waals surface area (Å²) in [5.41, 5.74) is 4.19. The molecule has 1 aromatic heterocycles. The van der Waals surface area contributed by atoms with Gasteiger partial charge in [0.1, 0.15) is 0 Å². The molecule has 0 spiro atoms. The largest absolute Gasteiger partial charge is 0.313 e. The second-order valence-corrected chi connectivity index (χ2v) is 5.63. The molecule has 0 saturated carbocycles. The van der Waals surface area contributed by atoms with E-state index in [-0.39, 0.29) is 0 Å². The molecule has 0 saturated heterocycles. The van der Waals surface area contributed by atoms with Gasteiger partial charge in [-0.15, -0.1) is 0 Å². The van der Waals surface area contributed by atoms with Gasteiger partial charge < -0.3 is 5.32 Å². The van der Waals surface area contributed by atoms with Gasteiger partial charge in [0.05, 0.1) is 5.69 Å². The van der Waals surface area contributed by atoms with Crippen molar-refractivity contribution in [3.8, 4) is 0 Å². The van der Waals surface area contributed by atoms with Crippen molar-refractivity contribution in [2.24, 2.45) is 5.92 Å². The maximum absolute atomic E-state index is 4.93. The van der Waals surface area contributed by atoms with Crippen molar-refractivity contribution >= 4 is 0 Å². The highest BCUT2D eigenvalue weighted by Gasteiger charge is 2.22. The van der Waals surface area contributed by atoms with Crippen LogP contribution in [0.2, 0.25) is 0 Å². The first-order valence-corrected chi connectivity index (χ1v) is 8.42. The number of aromatic nitrogens is 2. The first-order chi connectivity index (χ1) is 9.66. The second-order valence-electron chi connectivity index (χ2n) is 5.63. The van der Waals surface area contributed by atoms with E-state index in [4.69, 9.17) is 5.10 Å². The van der Waals surface area contributed by atoms with E-state index in [9.17, 15) is 0 Å². The number of rotatable bonds is 9. The number of hydrogen-bond acceptors (Lipinski definition) is 2. The van der Waals surface area contributed by atoms with Crippen LogP contribution in [0, 0.1) is 5.92 Å². The Kier molecular flexibility index (Phi) is 7.28. The average Bonchev–Trinajstić information content (AvgIpc) is 2.83. The van der Waals surface area contributed by atoms with Crippen molar-refractivity contribution in [2.45, 2.75) is 79.3 Å². The zero-order valence-corrected chi connectivity index (χ0v) is 14.3. The van der Waals surface area contributed by atoms with Crippen LogP contribution in [0.4, 0.5) is 0 Å². The summed E-state index contributed by atoms with van der Waals surface area (Å²) in [7, 11) is 2.06. The number of nitrogens with zero attached hydrogens (tertiary/aromatic N) is 2. The van der Waals surface area contributed by atoms with Crippen LogP contribution in [0.1, 0.15) is 76.9 Å². The molecule has 3 heteroatoms. The zero-order valence-electron chi connectivity index (χ0n) is 14.3. The summed E-state index contributed by atoms with van der Waals surface area (Å²) in [6.07, 6.45) is 5.68. The van der Waals surface area contributed by atoms with Crippen LogP contribution < -0.4 is 5.32 Å². The minimum absolute atomic E-state index is 0.440. The van der Waals surface area contributed by atoms with Crippen LogP contribution in [-0.2, 0) is 19.4 Å².